The summed E-state index contributed by atoms with van der Waals surface area (Å²) < 4.78 is 0. The van der Waals surface area contributed by atoms with Crippen molar-refractivity contribution in [2.75, 3.05) is 0 Å². The molecule has 0 aromatic rings. The molecule has 4 nitrogen and oxygen atoms in total. The Hall–Kier alpha value is -1.06. The molecule has 0 heterocycles. The van der Waals surface area contributed by atoms with Gasteiger partial charge < -0.3 is 10.2 Å². The van der Waals surface area contributed by atoms with Crippen LogP contribution in [0.15, 0.2) is 0 Å². The second kappa shape index (κ2) is 10.5. The minimum atomic E-state index is -0.695. The molecule has 0 aromatic heterocycles. The number of hydrogen-bond acceptors (Lipinski definition) is 2. The second-order valence-electron chi connectivity index (χ2n) is 4.22. The van der Waals surface area contributed by atoms with Gasteiger partial charge in [0, 0.05) is 12.8 Å². The fourth-order valence-electron chi connectivity index (χ4n) is 0.885. The highest BCUT2D eigenvalue weighted by molar-refractivity contribution is 5.67. The zero-order valence-corrected chi connectivity index (χ0v) is 10.7. The Bertz CT molecular complexity index is 179. The first-order valence-corrected chi connectivity index (χ1v) is 5.76. The number of carboxylic acid groups (broad SMARTS) is 2. The molecule has 0 rings (SSSR count). The standard InChI is InChI=1S/2C6H12O2/c2*1-3-5(2)4-6(7)8/h2*5H,3-4H2,1-2H3,(H,7,8). The van der Waals surface area contributed by atoms with Crippen LogP contribution in [0.5, 0.6) is 0 Å². The zero-order valence-electron chi connectivity index (χ0n) is 10.7. The molecule has 2 unspecified atom stereocenters. The molecule has 0 saturated carbocycles. The summed E-state index contributed by atoms with van der Waals surface area (Å²) in [6.45, 7) is 7.86. The van der Waals surface area contributed by atoms with Gasteiger partial charge in [0.2, 0.25) is 0 Å². The zero-order chi connectivity index (χ0) is 13.1. The van der Waals surface area contributed by atoms with Crippen LogP contribution in [0.1, 0.15) is 53.4 Å². The van der Waals surface area contributed by atoms with Gasteiger partial charge in [-0.3, -0.25) is 9.59 Å². The van der Waals surface area contributed by atoms with E-state index in [9.17, 15) is 9.59 Å². The molecular formula is C12H24O4. The first-order chi connectivity index (χ1) is 7.33. The first kappa shape index (κ1) is 17.3. The number of hydrogen-bond donors (Lipinski definition) is 2. The van der Waals surface area contributed by atoms with Gasteiger partial charge in [-0.2, -0.15) is 0 Å². The van der Waals surface area contributed by atoms with Gasteiger partial charge in [-0.15, -0.1) is 0 Å². The Kier molecular flexibility index (Phi) is 11.3. The van der Waals surface area contributed by atoms with Crippen molar-refractivity contribution in [1.29, 1.82) is 0 Å². The molecule has 4 heteroatoms. The van der Waals surface area contributed by atoms with Gasteiger partial charge >= 0.3 is 11.9 Å². The second-order valence-corrected chi connectivity index (χ2v) is 4.22. The third-order valence-electron chi connectivity index (χ3n) is 2.44. The fourth-order valence-corrected chi connectivity index (χ4v) is 0.885. The molecule has 2 N–H and O–H groups in total. The lowest BCUT2D eigenvalue weighted by atomic mass is 10.1. The molecule has 0 bridgehead atoms. The summed E-state index contributed by atoms with van der Waals surface area (Å²) in [4.78, 5) is 19.9. The highest BCUT2D eigenvalue weighted by Crippen LogP contribution is 2.05. The van der Waals surface area contributed by atoms with Crippen molar-refractivity contribution in [3.8, 4) is 0 Å². The molecular weight excluding hydrogens is 208 g/mol. The molecule has 16 heavy (non-hydrogen) atoms. The maximum atomic E-state index is 9.97. The number of rotatable bonds is 6. The van der Waals surface area contributed by atoms with Crippen molar-refractivity contribution >= 4 is 11.9 Å². The van der Waals surface area contributed by atoms with Crippen molar-refractivity contribution in [3.63, 3.8) is 0 Å². The molecule has 0 spiro atoms. The minimum Gasteiger partial charge on any atom is -0.481 e. The van der Waals surface area contributed by atoms with E-state index in [1.54, 1.807) is 0 Å². The van der Waals surface area contributed by atoms with Gasteiger partial charge in [0.05, 0.1) is 0 Å². The number of carbonyl (C=O) groups is 2. The SMILES string of the molecule is CCC(C)CC(=O)O.CCC(C)CC(=O)O. The summed E-state index contributed by atoms with van der Waals surface area (Å²) in [6.07, 6.45) is 2.51. The Morgan fingerprint density at radius 2 is 1.12 bits per heavy atom. The van der Waals surface area contributed by atoms with Crippen molar-refractivity contribution < 1.29 is 19.8 Å². The van der Waals surface area contributed by atoms with E-state index in [-0.39, 0.29) is 0 Å². The summed E-state index contributed by atoms with van der Waals surface area (Å²) in [5, 5.41) is 16.4. The van der Waals surface area contributed by atoms with E-state index in [2.05, 4.69) is 0 Å². The smallest absolute Gasteiger partial charge is 0.303 e. The summed E-state index contributed by atoms with van der Waals surface area (Å²) in [5.41, 5.74) is 0. The van der Waals surface area contributed by atoms with Crippen LogP contribution < -0.4 is 0 Å². The predicted octanol–water partition coefficient (Wildman–Crippen LogP) is 3.01. The number of carboxylic acids is 2. The largest absolute Gasteiger partial charge is 0.481 e. The van der Waals surface area contributed by atoms with Crippen molar-refractivity contribution in [2.45, 2.75) is 53.4 Å². The van der Waals surface area contributed by atoms with Gasteiger partial charge in [-0.1, -0.05) is 40.5 Å². The van der Waals surface area contributed by atoms with E-state index in [1.165, 1.54) is 0 Å². The van der Waals surface area contributed by atoms with Crippen molar-refractivity contribution in [3.05, 3.63) is 0 Å². The fraction of sp³-hybridized carbons (Fsp3) is 0.833. The summed E-state index contributed by atoms with van der Waals surface area (Å²) in [7, 11) is 0. The Labute approximate surface area is 97.7 Å². The van der Waals surface area contributed by atoms with E-state index in [1.807, 2.05) is 27.7 Å². The van der Waals surface area contributed by atoms with Crippen LogP contribution in [0.25, 0.3) is 0 Å². The van der Waals surface area contributed by atoms with Gasteiger partial charge in [-0.25, -0.2) is 0 Å². The van der Waals surface area contributed by atoms with Crippen molar-refractivity contribution in [1.82, 2.24) is 0 Å². The molecule has 0 aliphatic rings. The lowest BCUT2D eigenvalue weighted by Crippen LogP contribution is -2.02. The molecule has 0 amide bonds. The van der Waals surface area contributed by atoms with Crippen LogP contribution in [0.4, 0.5) is 0 Å². The van der Waals surface area contributed by atoms with Crippen molar-refractivity contribution in [2.24, 2.45) is 11.8 Å². The lowest BCUT2D eigenvalue weighted by Gasteiger charge is -2.00. The van der Waals surface area contributed by atoms with Gasteiger partial charge in [0.25, 0.3) is 0 Å². The molecule has 0 radical (unpaired) electrons. The van der Waals surface area contributed by atoms with E-state index >= 15 is 0 Å². The summed E-state index contributed by atoms with van der Waals surface area (Å²) in [6, 6.07) is 0. The van der Waals surface area contributed by atoms with Crippen LogP contribution in [0.3, 0.4) is 0 Å². The Balaban J connectivity index is 0. The predicted molar refractivity (Wildman–Crippen MR) is 63.4 cm³/mol. The van der Waals surface area contributed by atoms with E-state index in [4.69, 9.17) is 10.2 Å². The van der Waals surface area contributed by atoms with E-state index in [0.29, 0.717) is 24.7 Å². The highest BCUT2D eigenvalue weighted by atomic mass is 16.4. The monoisotopic (exact) mass is 232 g/mol. The third kappa shape index (κ3) is 15.4. The molecule has 2 atom stereocenters. The van der Waals surface area contributed by atoms with E-state index < -0.39 is 11.9 Å². The van der Waals surface area contributed by atoms with Crippen LogP contribution in [0.2, 0.25) is 0 Å². The minimum absolute atomic E-state index is 0.302. The first-order valence-electron chi connectivity index (χ1n) is 5.76. The molecule has 0 fully saturated rings. The molecule has 0 saturated heterocycles. The van der Waals surface area contributed by atoms with Crippen LogP contribution in [-0.4, -0.2) is 22.2 Å². The van der Waals surface area contributed by atoms with Crippen LogP contribution in [0, 0.1) is 11.8 Å². The maximum absolute atomic E-state index is 9.97. The quantitative estimate of drug-likeness (QED) is 0.738. The Morgan fingerprint density at radius 3 is 1.19 bits per heavy atom. The summed E-state index contributed by atoms with van der Waals surface area (Å²) >= 11 is 0. The maximum Gasteiger partial charge on any atom is 0.303 e. The molecule has 0 aliphatic heterocycles. The van der Waals surface area contributed by atoms with Crippen LogP contribution >= 0.6 is 0 Å². The van der Waals surface area contributed by atoms with Gasteiger partial charge in [0.15, 0.2) is 0 Å². The average Bonchev–Trinajstić information content (AvgIpc) is 2.16. The summed E-state index contributed by atoms with van der Waals surface area (Å²) in [5.74, 6) is -0.737. The number of aliphatic carboxylic acids is 2. The van der Waals surface area contributed by atoms with Crippen LogP contribution in [-0.2, 0) is 9.59 Å². The van der Waals surface area contributed by atoms with Gasteiger partial charge in [-0.05, 0) is 11.8 Å². The topological polar surface area (TPSA) is 74.6 Å². The molecule has 0 aromatic carbocycles. The highest BCUT2D eigenvalue weighted by Gasteiger charge is 2.03. The average molecular weight is 232 g/mol. The third-order valence-corrected chi connectivity index (χ3v) is 2.44. The van der Waals surface area contributed by atoms with Gasteiger partial charge in [0.1, 0.15) is 0 Å². The molecule has 0 aliphatic carbocycles. The Morgan fingerprint density at radius 1 is 0.875 bits per heavy atom. The lowest BCUT2D eigenvalue weighted by molar-refractivity contribution is -0.139. The normalized spacial score (nSPS) is 13.2. The molecule has 96 valence electrons. The van der Waals surface area contributed by atoms with E-state index in [0.717, 1.165) is 12.8 Å².